The molecule has 0 saturated carbocycles. The van der Waals surface area contributed by atoms with E-state index < -0.39 is 0 Å². The molecule has 1 heterocycles. The van der Waals surface area contributed by atoms with Gasteiger partial charge in [0.1, 0.15) is 12.4 Å². The van der Waals surface area contributed by atoms with Crippen LogP contribution in [0, 0.1) is 0 Å². The Hall–Kier alpha value is -3.54. The molecule has 3 aromatic rings. The molecule has 6 nitrogen and oxygen atoms in total. The third-order valence-electron chi connectivity index (χ3n) is 4.66. The predicted octanol–water partition coefficient (Wildman–Crippen LogP) is 4.78. The number of benzene rings is 2. The molecule has 0 atom stereocenters. The summed E-state index contributed by atoms with van der Waals surface area (Å²) in [7, 11) is 1.61. The van der Waals surface area contributed by atoms with E-state index in [-0.39, 0.29) is 5.91 Å². The first kappa shape index (κ1) is 22.2. The number of aromatic nitrogens is 1. The fourth-order valence-corrected chi connectivity index (χ4v) is 2.93. The topological polar surface area (TPSA) is 69.7 Å². The Kier molecular flexibility index (Phi) is 8.29. The molecular formula is C25H28N2O4. The molecule has 2 aromatic carbocycles. The third-order valence-corrected chi connectivity index (χ3v) is 4.66. The standard InChI is InChI=1S/C25H28N2O4/c1-3-4-13-30-23-11-10-19(14-24(23)29-2)17-27-25(28)21-8-5-9-22(15-21)31-18-20-7-6-12-26-16-20/h5-12,14-16H,3-4,13,17-18H2,1-2H3,(H,27,28). The molecule has 0 saturated heterocycles. The van der Waals surface area contributed by atoms with Crippen LogP contribution in [0.5, 0.6) is 17.2 Å². The number of nitrogens with zero attached hydrogens (tertiary/aromatic N) is 1. The molecule has 1 N–H and O–H groups in total. The number of carbonyl (C=O) groups is 1. The SMILES string of the molecule is CCCCOc1ccc(CNC(=O)c2cccc(OCc3cccnc3)c2)cc1OC. The van der Waals surface area contributed by atoms with E-state index in [1.165, 1.54) is 0 Å². The number of pyridine rings is 1. The Morgan fingerprint density at radius 2 is 1.90 bits per heavy atom. The van der Waals surface area contributed by atoms with E-state index in [2.05, 4.69) is 17.2 Å². The molecule has 0 fully saturated rings. The van der Waals surface area contributed by atoms with Gasteiger partial charge in [0.15, 0.2) is 11.5 Å². The van der Waals surface area contributed by atoms with Crippen LogP contribution in [0.4, 0.5) is 0 Å². The van der Waals surface area contributed by atoms with Gasteiger partial charge in [-0.05, 0) is 48.4 Å². The molecule has 31 heavy (non-hydrogen) atoms. The van der Waals surface area contributed by atoms with Crippen LogP contribution >= 0.6 is 0 Å². The zero-order valence-corrected chi connectivity index (χ0v) is 18.0. The highest BCUT2D eigenvalue weighted by Gasteiger charge is 2.09. The van der Waals surface area contributed by atoms with Crippen molar-refractivity contribution in [2.24, 2.45) is 0 Å². The van der Waals surface area contributed by atoms with Gasteiger partial charge < -0.3 is 19.5 Å². The van der Waals surface area contributed by atoms with Crippen molar-refractivity contribution in [3.63, 3.8) is 0 Å². The minimum atomic E-state index is -0.172. The third kappa shape index (κ3) is 6.74. The van der Waals surface area contributed by atoms with Gasteiger partial charge in [-0.25, -0.2) is 0 Å². The average molecular weight is 421 g/mol. The summed E-state index contributed by atoms with van der Waals surface area (Å²) in [6.45, 7) is 3.55. The molecule has 1 amide bonds. The first-order chi connectivity index (χ1) is 15.2. The zero-order chi connectivity index (χ0) is 21.9. The van der Waals surface area contributed by atoms with E-state index in [9.17, 15) is 4.79 Å². The van der Waals surface area contributed by atoms with Crippen LogP contribution in [0.25, 0.3) is 0 Å². The second kappa shape index (κ2) is 11.6. The predicted molar refractivity (Wildman–Crippen MR) is 120 cm³/mol. The van der Waals surface area contributed by atoms with Gasteiger partial charge in [0.25, 0.3) is 5.91 Å². The molecule has 3 rings (SSSR count). The molecule has 162 valence electrons. The minimum Gasteiger partial charge on any atom is -0.493 e. The van der Waals surface area contributed by atoms with E-state index in [1.807, 2.05) is 36.4 Å². The number of amides is 1. The van der Waals surface area contributed by atoms with Crippen molar-refractivity contribution < 1.29 is 19.0 Å². The summed E-state index contributed by atoms with van der Waals surface area (Å²) in [5.41, 5.74) is 2.43. The molecule has 1 aromatic heterocycles. The van der Waals surface area contributed by atoms with Gasteiger partial charge >= 0.3 is 0 Å². The zero-order valence-electron chi connectivity index (χ0n) is 18.0. The van der Waals surface area contributed by atoms with Crippen LogP contribution in [-0.2, 0) is 13.2 Å². The highest BCUT2D eigenvalue weighted by atomic mass is 16.5. The molecule has 0 bridgehead atoms. The van der Waals surface area contributed by atoms with Crippen molar-refractivity contribution >= 4 is 5.91 Å². The van der Waals surface area contributed by atoms with Crippen LogP contribution in [0.15, 0.2) is 67.0 Å². The molecular weight excluding hydrogens is 392 g/mol. The highest BCUT2D eigenvalue weighted by molar-refractivity contribution is 5.94. The Morgan fingerprint density at radius 1 is 1.00 bits per heavy atom. The summed E-state index contributed by atoms with van der Waals surface area (Å²) in [6.07, 6.45) is 5.54. The van der Waals surface area contributed by atoms with Crippen molar-refractivity contribution in [3.05, 3.63) is 83.7 Å². The van der Waals surface area contributed by atoms with Crippen LogP contribution in [0.2, 0.25) is 0 Å². The lowest BCUT2D eigenvalue weighted by Gasteiger charge is -2.13. The number of hydrogen-bond donors (Lipinski definition) is 1. The summed E-state index contributed by atoms with van der Waals surface area (Å²) >= 11 is 0. The van der Waals surface area contributed by atoms with Crippen molar-refractivity contribution in [1.29, 1.82) is 0 Å². The maximum atomic E-state index is 12.6. The van der Waals surface area contributed by atoms with Crippen LogP contribution in [0.3, 0.4) is 0 Å². The number of nitrogens with one attached hydrogen (secondary N) is 1. The number of carbonyl (C=O) groups excluding carboxylic acids is 1. The molecule has 6 heteroatoms. The van der Waals surface area contributed by atoms with Gasteiger partial charge in [-0.2, -0.15) is 0 Å². The maximum Gasteiger partial charge on any atom is 0.251 e. The summed E-state index contributed by atoms with van der Waals surface area (Å²) in [6, 6.07) is 16.6. The largest absolute Gasteiger partial charge is 0.493 e. The lowest BCUT2D eigenvalue weighted by Crippen LogP contribution is -2.22. The quantitative estimate of drug-likeness (QED) is 0.452. The van der Waals surface area contributed by atoms with Crippen molar-refractivity contribution in [1.82, 2.24) is 10.3 Å². The fourth-order valence-electron chi connectivity index (χ4n) is 2.93. The summed E-state index contributed by atoms with van der Waals surface area (Å²) < 4.78 is 17.0. The smallest absolute Gasteiger partial charge is 0.251 e. The lowest BCUT2D eigenvalue weighted by molar-refractivity contribution is 0.0950. The molecule has 0 spiro atoms. The molecule has 0 radical (unpaired) electrons. The second-order valence-electron chi connectivity index (χ2n) is 7.05. The number of methoxy groups -OCH3 is 1. The Balaban J connectivity index is 1.56. The molecule has 0 aliphatic heterocycles. The first-order valence-corrected chi connectivity index (χ1v) is 10.4. The average Bonchev–Trinajstić information content (AvgIpc) is 2.82. The molecule has 0 aliphatic carbocycles. The lowest BCUT2D eigenvalue weighted by atomic mass is 10.1. The summed E-state index contributed by atoms with van der Waals surface area (Å²) in [4.78, 5) is 16.7. The number of hydrogen-bond acceptors (Lipinski definition) is 5. The van der Waals surface area contributed by atoms with Crippen LogP contribution in [0.1, 0.15) is 41.3 Å². The first-order valence-electron chi connectivity index (χ1n) is 10.4. The van der Waals surface area contributed by atoms with Crippen molar-refractivity contribution in [2.45, 2.75) is 32.9 Å². The van der Waals surface area contributed by atoms with Gasteiger partial charge in [0, 0.05) is 30.1 Å². The fraction of sp³-hybridized carbons (Fsp3) is 0.280. The van der Waals surface area contributed by atoms with Crippen molar-refractivity contribution in [3.8, 4) is 17.2 Å². The van der Waals surface area contributed by atoms with Gasteiger partial charge in [-0.1, -0.05) is 31.5 Å². The van der Waals surface area contributed by atoms with E-state index >= 15 is 0 Å². The van der Waals surface area contributed by atoms with Crippen molar-refractivity contribution in [2.75, 3.05) is 13.7 Å². The number of unbranched alkanes of at least 4 members (excludes halogenated alkanes) is 1. The van der Waals surface area contributed by atoms with Crippen LogP contribution < -0.4 is 19.5 Å². The normalized spacial score (nSPS) is 10.4. The number of rotatable bonds is 11. The van der Waals surface area contributed by atoms with Gasteiger partial charge in [-0.15, -0.1) is 0 Å². The van der Waals surface area contributed by atoms with E-state index in [0.29, 0.717) is 42.6 Å². The maximum absolute atomic E-state index is 12.6. The highest BCUT2D eigenvalue weighted by Crippen LogP contribution is 2.28. The van der Waals surface area contributed by atoms with Crippen LogP contribution in [-0.4, -0.2) is 24.6 Å². The molecule has 0 aliphatic rings. The van der Waals surface area contributed by atoms with E-state index in [4.69, 9.17) is 14.2 Å². The summed E-state index contributed by atoms with van der Waals surface area (Å²) in [5.74, 6) is 1.83. The van der Waals surface area contributed by atoms with Gasteiger partial charge in [-0.3, -0.25) is 9.78 Å². The molecule has 0 unspecified atom stereocenters. The van der Waals surface area contributed by atoms with E-state index in [0.717, 1.165) is 24.0 Å². The van der Waals surface area contributed by atoms with Gasteiger partial charge in [0.2, 0.25) is 0 Å². The Bertz CT molecular complexity index is 976. The Labute approximate surface area is 183 Å². The monoisotopic (exact) mass is 420 g/mol. The number of ether oxygens (including phenoxy) is 3. The van der Waals surface area contributed by atoms with E-state index in [1.54, 1.807) is 37.7 Å². The van der Waals surface area contributed by atoms with Gasteiger partial charge in [0.05, 0.1) is 13.7 Å². The second-order valence-corrected chi connectivity index (χ2v) is 7.05. The summed E-state index contributed by atoms with van der Waals surface area (Å²) in [5, 5.41) is 2.94. The Morgan fingerprint density at radius 3 is 2.68 bits per heavy atom. The minimum absolute atomic E-state index is 0.172.